The average Bonchev–Trinajstić information content (AvgIpc) is 2.74. The van der Waals surface area contributed by atoms with Gasteiger partial charge in [0.1, 0.15) is 5.78 Å². The summed E-state index contributed by atoms with van der Waals surface area (Å²) in [6.45, 7) is 2.23. The Bertz CT molecular complexity index is 528. The van der Waals surface area contributed by atoms with Crippen LogP contribution in [0.15, 0.2) is 22.8 Å². The Hall–Kier alpha value is -0.890. The minimum atomic E-state index is -0.229. The van der Waals surface area contributed by atoms with Gasteiger partial charge in [0.25, 0.3) is 0 Å². The third kappa shape index (κ3) is 1.64. The van der Waals surface area contributed by atoms with Crippen molar-refractivity contribution in [1.29, 1.82) is 0 Å². The molecular weight excluding hydrogens is 248 g/mol. The fraction of sp³-hybridized carbons (Fsp3) is 0.722. The molecule has 0 amide bonds. The summed E-state index contributed by atoms with van der Waals surface area (Å²) in [7, 11) is 0. The summed E-state index contributed by atoms with van der Waals surface area (Å²) in [4.78, 5) is 12.3. The van der Waals surface area contributed by atoms with E-state index < -0.39 is 0 Å². The zero-order valence-electron chi connectivity index (χ0n) is 12.3. The molecule has 0 saturated heterocycles. The normalized spacial score (nSPS) is 43.8. The van der Waals surface area contributed by atoms with Crippen LogP contribution >= 0.6 is 0 Å². The molecule has 4 rings (SSSR count). The van der Waals surface area contributed by atoms with Crippen LogP contribution in [0.25, 0.3) is 0 Å². The van der Waals surface area contributed by atoms with Crippen molar-refractivity contribution in [2.24, 2.45) is 17.3 Å². The summed E-state index contributed by atoms with van der Waals surface area (Å²) in [6, 6.07) is 0. The molecule has 0 radical (unpaired) electrons. The van der Waals surface area contributed by atoms with E-state index in [1.165, 1.54) is 12.0 Å². The van der Waals surface area contributed by atoms with Gasteiger partial charge in [0.15, 0.2) is 0 Å². The summed E-state index contributed by atoms with van der Waals surface area (Å²) in [5.41, 5.74) is 4.62. The van der Waals surface area contributed by atoms with Gasteiger partial charge >= 0.3 is 0 Å². The van der Waals surface area contributed by atoms with Crippen LogP contribution in [0.4, 0.5) is 0 Å². The molecule has 2 fully saturated rings. The Morgan fingerprint density at radius 1 is 1.15 bits per heavy atom. The monoisotopic (exact) mass is 272 g/mol. The third-order valence-corrected chi connectivity index (χ3v) is 6.57. The van der Waals surface area contributed by atoms with Crippen molar-refractivity contribution >= 4 is 5.78 Å². The third-order valence-electron chi connectivity index (χ3n) is 6.57. The Balaban J connectivity index is 1.74. The number of hydrogen-bond donors (Lipinski definition) is 1. The number of carbonyl (C=O) groups is 1. The fourth-order valence-electron chi connectivity index (χ4n) is 5.42. The lowest BCUT2D eigenvalue weighted by atomic mass is 9.57. The summed E-state index contributed by atoms with van der Waals surface area (Å²) in [6.07, 6.45) is 10.2. The Morgan fingerprint density at radius 3 is 2.85 bits per heavy atom. The summed E-state index contributed by atoms with van der Waals surface area (Å²) in [5, 5.41) is 9.83. The van der Waals surface area contributed by atoms with Crippen molar-refractivity contribution in [2.75, 3.05) is 0 Å². The van der Waals surface area contributed by atoms with E-state index in [4.69, 9.17) is 0 Å². The van der Waals surface area contributed by atoms with Gasteiger partial charge < -0.3 is 5.11 Å². The van der Waals surface area contributed by atoms with Crippen LogP contribution in [0, 0.1) is 17.3 Å². The molecule has 0 bridgehead atoms. The smallest absolute Gasteiger partial charge is 0.139 e. The van der Waals surface area contributed by atoms with Gasteiger partial charge in [-0.05, 0) is 67.9 Å². The van der Waals surface area contributed by atoms with E-state index in [1.54, 1.807) is 11.1 Å². The lowest BCUT2D eigenvalue weighted by molar-refractivity contribution is -0.128. The number of aliphatic hydroxyl groups is 1. The highest BCUT2D eigenvalue weighted by molar-refractivity contribution is 5.87. The minimum absolute atomic E-state index is 0.0237. The van der Waals surface area contributed by atoms with Crippen LogP contribution in [-0.4, -0.2) is 17.0 Å². The maximum atomic E-state index is 12.3. The van der Waals surface area contributed by atoms with Crippen LogP contribution in [-0.2, 0) is 4.79 Å². The Kier molecular flexibility index (Phi) is 2.76. The number of Topliss-reactive ketones (excluding diaryl/α,β-unsaturated/α-hetero) is 1. The fourth-order valence-corrected chi connectivity index (χ4v) is 5.42. The van der Waals surface area contributed by atoms with Crippen LogP contribution in [0.3, 0.4) is 0 Å². The predicted octanol–water partition coefficient (Wildman–Crippen LogP) is 3.55. The second-order valence-corrected chi connectivity index (χ2v) is 7.43. The van der Waals surface area contributed by atoms with Crippen molar-refractivity contribution in [3.8, 4) is 0 Å². The molecule has 0 aromatic rings. The van der Waals surface area contributed by atoms with E-state index in [2.05, 4.69) is 13.0 Å². The van der Waals surface area contributed by atoms with Crippen molar-refractivity contribution in [1.82, 2.24) is 0 Å². The van der Waals surface area contributed by atoms with E-state index >= 15 is 0 Å². The van der Waals surface area contributed by atoms with Crippen LogP contribution in [0.1, 0.15) is 58.3 Å². The molecule has 0 heterocycles. The highest BCUT2D eigenvalue weighted by atomic mass is 16.3. The molecule has 0 aromatic carbocycles. The maximum absolute atomic E-state index is 12.3. The minimum Gasteiger partial charge on any atom is -0.389 e. The first-order valence-electron chi connectivity index (χ1n) is 8.24. The maximum Gasteiger partial charge on any atom is 0.139 e. The number of carbonyl (C=O) groups excluding carboxylic acids is 1. The summed E-state index contributed by atoms with van der Waals surface area (Å²) < 4.78 is 0. The highest BCUT2D eigenvalue weighted by Crippen LogP contribution is 2.58. The van der Waals surface area contributed by atoms with Crippen molar-refractivity contribution in [3.63, 3.8) is 0 Å². The van der Waals surface area contributed by atoms with Crippen molar-refractivity contribution < 1.29 is 9.90 Å². The average molecular weight is 272 g/mol. The van der Waals surface area contributed by atoms with E-state index in [0.29, 0.717) is 17.6 Å². The molecule has 1 unspecified atom stereocenters. The molecular formula is C18H24O2. The number of allylic oxidation sites excluding steroid dienone is 3. The van der Waals surface area contributed by atoms with Gasteiger partial charge in [0.2, 0.25) is 0 Å². The molecule has 4 aliphatic rings. The molecule has 0 aliphatic heterocycles. The molecule has 1 N–H and O–H groups in total. The topological polar surface area (TPSA) is 37.3 Å². The van der Waals surface area contributed by atoms with Crippen molar-refractivity contribution in [3.05, 3.63) is 22.8 Å². The molecule has 4 aliphatic carbocycles. The molecule has 108 valence electrons. The van der Waals surface area contributed by atoms with E-state index in [0.717, 1.165) is 44.9 Å². The molecule has 0 aromatic heterocycles. The highest BCUT2D eigenvalue weighted by Gasteiger charge is 2.53. The van der Waals surface area contributed by atoms with Gasteiger partial charge in [-0.1, -0.05) is 18.6 Å². The zero-order chi connectivity index (χ0) is 13.9. The molecule has 2 saturated carbocycles. The first-order valence-corrected chi connectivity index (χ1v) is 8.24. The van der Waals surface area contributed by atoms with Gasteiger partial charge in [-0.2, -0.15) is 0 Å². The van der Waals surface area contributed by atoms with Crippen molar-refractivity contribution in [2.45, 2.75) is 64.4 Å². The molecule has 4 atom stereocenters. The summed E-state index contributed by atoms with van der Waals surface area (Å²) in [5.74, 6) is 1.77. The predicted molar refractivity (Wildman–Crippen MR) is 78.1 cm³/mol. The second-order valence-electron chi connectivity index (χ2n) is 7.43. The van der Waals surface area contributed by atoms with E-state index in [1.807, 2.05) is 0 Å². The number of rotatable bonds is 0. The number of hydrogen-bond acceptors (Lipinski definition) is 2. The largest absolute Gasteiger partial charge is 0.389 e. The standard InChI is InChI=1S/C18H24O2/c1-18-9-8-14-13-5-3-12(19)10-11(13)2-4-15(14)16(18)6-7-17(18)20/h10,12,15-16,19H,2-9H2,1H3/t12?,15-,16+,18+/m1/s1. The second kappa shape index (κ2) is 4.30. The quantitative estimate of drug-likeness (QED) is 0.732. The van der Waals surface area contributed by atoms with E-state index in [-0.39, 0.29) is 11.5 Å². The SMILES string of the molecule is C[C@]12CCC3=C4CCC(O)C=C4CC[C@H]3[C@@H]1CCC2=O. The van der Waals surface area contributed by atoms with Crippen LogP contribution < -0.4 is 0 Å². The van der Waals surface area contributed by atoms with Gasteiger partial charge in [-0.3, -0.25) is 4.79 Å². The Labute approximate surface area is 120 Å². The van der Waals surface area contributed by atoms with Gasteiger partial charge in [0, 0.05) is 11.8 Å². The molecule has 2 nitrogen and oxygen atoms in total. The Morgan fingerprint density at radius 2 is 2.00 bits per heavy atom. The number of aliphatic hydroxyl groups excluding tert-OH is 1. The first kappa shape index (κ1) is 12.8. The summed E-state index contributed by atoms with van der Waals surface area (Å²) >= 11 is 0. The van der Waals surface area contributed by atoms with Gasteiger partial charge in [-0.15, -0.1) is 0 Å². The van der Waals surface area contributed by atoms with Gasteiger partial charge in [-0.25, -0.2) is 0 Å². The van der Waals surface area contributed by atoms with Crippen LogP contribution in [0.2, 0.25) is 0 Å². The zero-order valence-corrected chi connectivity index (χ0v) is 12.3. The lowest BCUT2D eigenvalue weighted by Crippen LogP contribution is -2.40. The number of ketones is 1. The van der Waals surface area contributed by atoms with Gasteiger partial charge in [0.05, 0.1) is 6.10 Å². The van der Waals surface area contributed by atoms with Crippen LogP contribution in [0.5, 0.6) is 0 Å². The molecule has 2 heteroatoms. The lowest BCUT2D eigenvalue weighted by Gasteiger charge is -2.46. The first-order chi connectivity index (χ1) is 9.59. The van der Waals surface area contributed by atoms with E-state index in [9.17, 15) is 9.90 Å². The molecule has 20 heavy (non-hydrogen) atoms. The number of fused-ring (bicyclic) bond motifs is 4. The molecule has 0 spiro atoms.